The van der Waals surface area contributed by atoms with Gasteiger partial charge < -0.3 is 15.4 Å². The van der Waals surface area contributed by atoms with Crippen molar-refractivity contribution in [1.82, 2.24) is 20.2 Å². The number of morpholine rings is 1. The van der Waals surface area contributed by atoms with Crippen molar-refractivity contribution in [3.05, 3.63) is 36.2 Å². The lowest BCUT2D eigenvalue weighted by molar-refractivity contribution is -0.124. The van der Waals surface area contributed by atoms with E-state index in [4.69, 9.17) is 4.74 Å². The standard InChI is InChI=1S/C14H18N4O2/c19-14(7-12-10-15-4-6-20-12)16-8-11-9-17-18-5-2-1-3-13(11)18/h1-3,5,9,12,15H,4,6-8,10H2,(H,16,19)/t12-/m1/s1. The van der Waals surface area contributed by atoms with Crippen LogP contribution < -0.4 is 10.6 Å². The highest BCUT2D eigenvalue weighted by molar-refractivity contribution is 5.76. The van der Waals surface area contributed by atoms with Crippen LogP contribution in [0.15, 0.2) is 30.6 Å². The molecule has 1 aliphatic rings. The van der Waals surface area contributed by atoms with Gasteiger partial charge in [0.05, 0.1) is 30.8 Å². The molecule has 1 amide bonds. The lowest BCUT2D eigenvalue weighted by Gasteiger charge is -2.22. The Morgan fingerprint density at radius 3 is 3.35 bits per heavy atom. The van der Waals surface area contributed by atoms with Crippen LogP contribution in [0.3, 0.4) is 0 Å². The molecular formula is C14H18N4O2. The normalized spacial score (nSPS) is 19.1. The summed E-state index contributed by atoms with van der Waals surface area (Å²) in [5, 5.41) is 10.4. The second-order valence-electron chi connectivity index (χ2n) is 4.88. The average Bonchev–Trinajstić information content (AvgIpc) is 2.89. The molecule has 1 fully saturated rings. The summed E-state index contributed by atoms with van der Waals surface area (Å²) in [6.45, 7) is 2.77. The predicted molar refractivity (Wildman–Crippen MR) is 74.3 cm³/mol. The van der Waals surface area contributed by atoms with E-state index >= 15 is 0 Å². The number of hydrogen-bond acceptors (Lipinski definition) is 4. The van der Waals surface area contributed by atoms with E-state index in [1.165, 1.54) is 0 Å². The van der Waals surface area contributed by atoms with Crippen molar-refractivity contribution in [2.24, 2.45) is 0 Å². The monoisotopic (exact) mass is 274 g/mol. The van der Waals surface area contributed by atoms with Crippen LogP contribution in [0.1, 0.15) is 12.0 Å². The summed E-state index contributed by atoms with van der Waals surface area (Å²) in [7, 11) is 0. The molecule has 1 saturated heterocycles. The zero-order valence-electron chi connectivity index (χ0n) is 11.2. The Labute approximate surface area is 117 Å². The minimum absolute atomic E-state index is 0.00832. The summed E-state index contributed by atoms with van der Waals surface area (Å²) in [5.74, 6) is 0.00832. The topological polar surface area (TPSA) is 67.7 Å². The maximum Gasteiger partial charge on any atom is 0.222 e. The number of pyridine rings is 1. The lowest BCUT2D eigenvalue weighted by atomic mass is 10.2. The molecule has 0 unspecified atom stereocenters. The number of nitrogens with one attached hydrogen (secondary N) is 2. The Balaban J connectivity index is 1.54. The SMILES string of the molecule is O=C(C[C@@H]1CNCCO1)NCc1cnn2ccccc12. The number of amides is 1. The summed E-state index contributed by atoms with van der Waals surface area (Å²) >= 11 is 0. The van der Waals surface area contributed by atoms with Gasteiger partial charge in [-0.1, -0.05) is 6.07 Å². The van der Waals surface area contributed by atoms with Gasteiger partial charge in [-0.15, -0.1) is 0 Å². The van der Waals surface area contributed by atoms with E-state index in [1.54, 1.807) is 10.7 Å². The molecule has 2 aromatic heterocycles. The maximum absolute atomic E-state index is 11.9. The maximum atomic E-state index is 11.9. The number of carbonyl (C=O) groups is 1. The van der Waals surface area contributed by atoms with Crippen LogP contribution in [0.25, 0.3) is 5.52 Å². The Morgan fingerprint density at radius 1 is 1.55 bits per heavy atom. The van der Waals surface area contributed by atoms with Crippen molar-refractivity contribution in [1.29, 1.82) is 0 Å². The largest absolute Gasteiger partial charge is 0.375 e. The van der Waals surface area contributed by atoms with Gasteiger partial charge in [0.15, 0.2) is 0 Å². The van der Waals surface area contributed by atoms with Gasteiger partial charge in [-0.25, -0.2) is 4.52 Å². The number of aromatic nitrogens is 2. The third-order valence-electron chi connectivity index (χ3n) is 3.40. The smallest absolute Gasteiger partial charge is 0.222 e. The average molecular weight is 274 g/mol. The molecule has 0 bridgehead atoms. The summed E-state index contributed by atoms with van der Waals surface area (Å²) in [6.07, 6.45) is 4.05. The van der Waals surface area contributed by atoms with Crippen molar-refractivity contribution >= 4 is 11.4 Å². The highest BCUT2D eigenvalue weighted by Gasteiger charge is 2.17. The molecular weight excluding hydrogens is 256 g/mol. The van der Waals surface area contributed by atoms with Gasteiger partial charge in [-0.3, -0.25) is 4.79 Å². The first-order chi connectivity index (χ1) is 9.83. The third-order valence-corrected chi connectivity index (χ3v) is 3.40. The number of hydrogen-bond donors (Lipinski definition) is 2. The molecule has 6 nitrogen and oxygen atoms in total. The molecule has 6 heteroatoms. The molecule has 20 heavy (non-hydrogen) atoms. The quantitative estimate of drug-likeness (QED) is 0.843. The Bertz CT molecular complexity index is 590. The third kappa shape index (κ3) is 2.97. The van der Waals surface area contributed by atoms with Crippen molar-refractivity contribution in [2.75, 3.05) is 19.7 Å². The van der Waals surface area contributed by atoms with Crippen molar-refractivity contribution in [3.8, 4) is 0 Å². The first kappa shape index (κ1) is 13.1. The van der Waals surface area contributed by atoms with Crippen molar-refractivity contribution in [3.63, 3.8) is 0 Å². The molecule has 106 valence electrons. The molecule has 0 aromatic carbocycles. The molecule has 3 rings (SSSR count). The fraction of sp³-hybridized carbons (Fsp3) is 0.429. The molecule has 0 radical (unpaired) electrons. The highest BCUT2D eigenvalue weighted by Crippen LogP contribution is 2.09. The van der Waals surface area contributed by atoms with Gasteiger partial charge in [0.25, 0.3) is 0 Å². The van der Waals surface area contributed by atoms with Crippen LogP contribution in [-0.2, 0) is 16.1 Å². The molecule has 0 saturated carbocycles. The predicted octanol–water partition coefficient (Wildman–Crippen LogP) is 0.329. The number of carbonyl (C=O) groups excluding carboxylic acids is 1. The van der Waals surface area contributed by atoms with E-state index in [0.29, 0.717) is 19.6 Å². The number of ether oxygens (including phenoxy) is 1. The Kier molecular flexibility index (Phi) is 3.94. The highest BCUT2D eigenvalue weighted by atomic mass is 16.5. The van der Waals surface area contributed by atoms with Gasteiger partial charge in [0.1, 0.15) is 0 Å². The first-order valence-corrected chi connectivity index (χ1v) is 6.83. The van der Waals surface area contributed by atoms with Crippen LogP contribution in [0.4, 0.5) is 0 Å². The van der Waals surface area contributed by atoms with Crippen molar-refractivity contribution < 1.29 is 9.53 Å². The van der Waals surface area contributed by atoms with Gasteiger partial charge in [-0.2, -0.15) is 5.10 Å². The van der Waals surface area contributed by atoms with Crippen LogP contribution >= 0.6 is 0 Å². The lowest BCUT2D eigenvalue weighted by Crippen LogP contribution is -2.41. The van der Waals surface area contributed by atoms with Gasteiger partial charge in [-0.05, 0) is 12.1 Å². The summed E-state index contributed by atoms with van der Waals surface area (Å²) in [4.78, 5) is 11.9. The molecule has 2 aromatic rings. The van der Waals surface area contributed by atoms with Crippen molar-refractivity contribution in [2.45, 2.75) is 19.1 Å². The Morgan fingerprint density at radius 2 is 2.50 bits per heavy atom. The minimum atomic E-state index is -0.0207. The van der Waals surface area contributed by atoms with Gasteiger partial charge >= 0.3 is 0 Å². The zero-order chi connectivity index (χ0) is 13.8. The van der Waals surface area contributed by atoms with E-state index in [2.05, 4.69) is 15.7 Å². The van der Waals surface area contributed by atoms with E-state index in [1.807, 2.05) is 24.4 Å². The number of nitrogens with zero attached hydrogens (tertiary/aromatic N) is 2. The van der Waals surface area contributed by atoms with Crippen LogP contribution in [0.2, 0.25) is 0 Å². The summed E-state index contributed by atoms with van der Waals surface area (Å²) in [5.41, 5.74) is 2.03. The van der Waals surface area contributed by atoms with Gasteiger partial charge in [0.2, 0.25) is 5.91 Å². The molecule has 1 aliphatic heterocycles. The van der Waals surface area contributed by atoms with E-state index < -0.39 is 0 Å². The van der Waals surface area contributed by atoms with E-state index in [0.717, 1.165) is 24.2 Å². The molecule has 0 spiro atoms. The van der Waals surface area contributed by atoms with Crippen LogP contribution in [0.5, 0.6) is 0 Å². The first-order valence-electron chi connectivity index (χ1n) is 6.83. The molecule has 1 atom stereocenters. The molecule has 0 aliphatic carbocycles. The zero-order valence-corrected chi connectivity index (χ0v) is 11.2. The second kappa shape index (κ2) is 6.02. The summed E-state index contributed by atoms with van der Waals surface area (Å²) < 4.78 is 7.32. The van der Waals surface area contributed by atoms with Crippen LogP contribution in [-0.4, -0.2) is 41.3 Å². The summed E-state index contributed by atoms with van der Waals surface area (Å²) in [6, 6.07) is 5.88. The second-order valence-corrected chi connectivity index (χ2v) is 4.88. The van der Waals surface area contributed by atoms with Crippen LogP contribution in [0, 0.1) is 0 Å². The minimum Gasteiger partial charge on any atom is -0.375 e. The molecule has 2 N–H and O–H groups in total. The van der Waals surface area contributed by atoms with E-state index in [9.17, 15) is 4.79 Å². The van der Waals surface area contributed by atoms with Gasteiger partial charge in [0, 0.05) is 31.4 Å². The Hall–Kier alpha value is -1.92. The van der Waals surface area contributed by atoms with E-state index in [-0.39, 0.29) is 12.0 Å². The molecule has 3 heterocycles. The fourth-order valence-corrected chi connectivity index (χ4v) is 2.35. The fourth-order valence-electron chi connectivity index (χ4n) is 2.35. The number of rotatable bonds is 4. The number of fused-ring (bicyclic) bond motifs is 1.